The normalized spacial score (nSPS) is 46.3. The van der Waals surface area contributed by atoms with Crippen LogP contribution in [0.4, 0.5) is 13.2 Å². The molecule has 4 rings (SSSR count). The summed E-state index contributed by atoms with van der Waals surface area (Å²) in [6.45, 7) is 9.89. The number of allylic oxidation sites excluding steroid dienone is 1. The van der Waals surface area contributed by atoms with Crippen molar-refractivity contribution in [2.45, 2.75) is 123 Å². The van der Waals surface area contributed by atoms with Crippen molar-refractivity contribution in [2.24, 2.45) is 40.4 Å². The summed E-state index contributed by atoms with van der Waals surface area (Å²) in [4.78, 5) is 0. The third kappa shape index (κ3) is 4.32. The van der Waals surface area contributed by atoms with Gasteiger partial charge in [-0.2, -0.15) is 13.2 Å². The van der Waals surface area contributed by atoms with Crippen LogP contribution >= 0.6 is 0 Å². The largest absolute Gasteiger partial charge is 0.416 e. The number of hydrogen-bond donors (Lipinski definition) is 2. The molecule has 9 atom stereocenters. The van der Waals surface area contributed by atoms with Gasteiger partial charge < -0.3 is 10.2 Å². The van der Waals surface area contributed by atoms with Crippen molar-refractivity contribution in [1.82, 2.24) is 0 Å². The third-order valence-corrected chi connectivity index (χ3v) is 11.1. The lowest BCUT2D eigenvalue weighted by Gasteiger charge is -2.63. The minimum atomic E-state index is -4.57. The predicted molar refractivity (Wildman–Crippen MR) is 126 cm³/mol. The second-order valence-electron chi connectivity index (χ2n) is 13.3. The van der Waals surface area contributed by atoms with Crippen molar-refractivity contribution in [3.8, 4) is 0 Å². The molecule has 2 nitrogen and oxygen atoms in total. The molecule has 0 bridgehead atoms. The zero-order valence-corrected chi connectivity index (χ0v) is 21.3. The molecular formula is C28H45F3O2. The van der Waals surface area contributed by atoms with Crippen LogP contribution in [-0.4, -0.2) is 27.6 Å². The van der Waals surface area contributed by atoms with E-state index in [2.05, 4.69) is 26.8 Å². The van der Waals surface area contributed by atoms with Gasteiger partial charge in [0.15, 0.2) is 5.60 Å². The van der Waals surface area contributed by atoms with Crippen LogP contribution in [0.5, 0.6) is 0 Å². The summed E-state index contributed by atoms with van der Waals surface area (Å²) in [5.74, 6) is 2.53. The molecule has 190 valence electrons. The zero-order valence-electron chi connectivity index (χ0n) is 21.3. The molecule has 2 N–H and O–H groups in total. The molecule has 3 fully saturated rings. The molecule has 0 amide bonds. The molecule has 33 heavy (non-hydrogen) atoms. The Morgan fingerprint density at radius 2 is 1.76 bits per heavy atom. The number of hydrogen-bond acceptors (Lipinski definition) is 2. The second kappa shape index (κ2) is 8.25. The third-order valence-electron chi connectivity index (χ3n) is 11.1. The van der Waals surface area contributed by atoms with Crippen molar-refractivity contribution in [1.29, 1.82) is 0 Å². The van der Waals surface area contributed by atoms with E-state index in [4.69, 9.17) is 0 Å². The highest BCUT2D eigenvalue weighted by Gasteiger charge is 2.58. The Bertz CT molecular complexity index is 770. The smallest absolute Gasteiger partial charge is 0.390 e. The first-order chi connectivity index (χ1) is 15.1. The molecule has 4 aliphatic carbocycles. The van der Waals surface area contributed by atoms with Gasteiger partial charge in [0.05, 0.1) is 5.60 Å². The molecule has 0 aromatic carbocycles. The van der Waals surface area contributed by atoms with Crippen LogP contribution in [0.15, 0.2) is 11.6 Å². The van der Waals surface area contributed by atoms with Crippen molar-refractivity contribution < 1.29 is 23.4 Å². The lowest BCUT2D eigenvalue weighted by atomic mass is 9.42. The van der Waals surface area contributed by atoms with Gasteiger partial charge in [-0.25, -0.2) is 0 Å². The summed E-state index contributed by atoms with van der Waals surface area (Å²) in [5, 5.41) is 20.7. The molecule has 9 unspecified atom stereocenters. The maximum atomic E-state index is 13.2. The molecule has 5 heteroatoms. The summed E-state index contributed by atoms with van der Waals surface area (Å²) in [6, 6.07) is 0. The maximum Gasteiger partial charge on any atom is 0.416 e. The SMILES string of the molecule is CC(CCC(C)(O)C(F)(F)F)C1CCCC2C3CC=C4CC(C)(O)CCC4(C)C3CCC12C. The standard InChI is InChI=1S/C28H45F3O2/c1-18(11-14-27(5,33)28(29,30)31)21-7-6-8-22-20-10-9-19-17-24(2,32)15-16-25(19,3)23(20)12-13-26(21,22)4/h9,18,20-23,32-33H,6-8,10-17H2,1-5H3. The van der Waals surface area contributed by atoms with E-state index < -0.39 is 17.4 Å². The molecule has 0 spiro atoms. The highest BCUT2D eigenvalue weighted by Crippen LogP contribution is 2.66. The average molecular weight is 471 g/mol. The molecule has 0 saturated heterocycles. The molecule has 4 aliphatic rings. The second-order valence-corrected chi connectivity index (χ2v) is 13.3. The highest BCUT2D eigenvalue weighted by molar-refractivity contribution is 5.26. The number of alkyl halides is 3. The van der Waals surface area contributed by atoms with Gasteiger partial charge in [-0.05, 0) is 118 Å². The Labute approximate surface area is 198 Å². The van der Waals surface area contributed by atoms with Gasteiger partial charge in [0.1, 0.15) is 0 Å². The minimum absolute atomic E-state index is 0.171. The van der Waals surface area contributed by atoms with E-state index in [0.717, 1.165) is 51.9 Å². The number of aliphatic hydroxyl groups is 2. The monoisotopic (exact) mass is 470 g/mol. The molecule has 0 heterocycles. The molecule has 0 aromatic rings. The van der Waals surface area contributed by atoms with Crippen LogP contribution in [-0.2, 0) is 0 Å². The van der Waals surface area contributed by atoms with Gasteiger partial charge in [0.25, 0.3) is 0 Å². The lowest BCUT2D eigenvalue weighted by Crippen LogP contribution is -2.55. The lowest BCUT2D eigenvalue weighted by molar-refractivity contribution is -0.256. The fraction of sp³-hybridized carbons (Fsp3) is 0.929. The highest BCUT2D eigenvalue weighted by atomic mass is 19.4. The van der Waals surface area contributed by atoms with Gasteiger partial charge in [0.2, 0.25) is 0 Å². The Morgan fingerprint density at radius 3 is 2.42 bits per heavy atom. The van der Waals surface area contributed by atoms with Crippen LogP contribution in [0.3, 0.4) is 0 Å². The molecule has 0 aromatic heterocycles. The zero-order chi connectivity index (χ0) is 24.4. The summed E-state index contributed by atoms with van der Waals surface area (Å²) >= 11 is 0. The molecular weight excluding hydrogens is 425 g/mol. The Morgan fingerprint density at radius 1 is 1.06 bits per heavy atom. The van der Waals surface area contributed by atoms with E-state index in [9.17, 15) is 23.4 Å². The van der Waals surface area contributed by atoms with Crippen LogP contribution in [0.2, 0.25) is 0 Å². The fourth-order valence-electron chi connectivity index (χ4n) is 8.83. The van der Waals surface area contributed by atoms with Crippen molar-refractivity contribution in [3.63, 3.8) is 0 Å². The van der Waals surface area contributed by atoms with E-state index >= 15 is 0 Å². The van der Waals surface area contributed by atoms with Crippen LogP contribution in [0.25, 0.3) is 0 Å². The predicted octanol–water partition coefficient (Wildman–Crippen LogP) is 7.44. The van der Waals surface area contributed by atoms with Crippen LogP contribution in [0.1, 0.15) is 105 Å². The van der Waals surface area contributed by atoms with E-state index in [1.54, 1.807) is 0 Å². The van der Waals surface area contributed by atoms with Gasteiger partial charge >= 0.3 is 6.18 Å². The van der Waals surface area contributed by atoms with Gasteiger partial charge in [-0.3, -0.25) is 0 Å². The van der Waals surface area contributed by atoms with Gasteiger partial charge in [0, 0.05) is 0 Å². The first-order valence-corrected chi connectivity index (χ1v) is 13.3. The Balaban J connectivity index is 1.52. The van der Waals surface area contributed by atoms with Crippen LogP contribution in [0, 0.1) is 40.4 Å². The Hall–Kier alpha value is -0.550. The average Bonchev–Trinajstić information content (AvgIpc) is 2.70. The quantitative estimate of drug-likeness (QED) is 0.419. The summed E-state index contributed by atoms with van der Waals surface area (Å²) in [5.41, 5.74) is -1.35. The van der Waals surface area contributed by atoms with Gasteiger partial charge in [-0.1, -0.05) is 38.8 Å². The van der Waals surface area contributed by atoms with E-state index in [1.165, 1.54) is 18.4 Å². The summed E-state index contributed by atoms with van der Waals surface area (Å²) in [7, 11) is 0. The fourth-order valence-corrected chi connectivity index (χ4v) is 8.83. The molecule has 3 saturated carbocycles. The minimum Gasteiger partial charge on any atom is -0.390 e. The molecule has 0 radical (unpaired) electrons. The number of halogens is 3. The number of rotatable bonds is 4. The first kappa shape index (κ1) is 25.5. The van der Waals surface area contributed by atoms with Crippen molar-refractivity contribution in [3.05, 3.63) is 11.6 Å². The topological polar surface area (TPSA) is 40.5 Å². The van der Waals surface area contributed by atoms with E-state index in [-0.39, 0.29) is 23.2 Å². The Kier molecular flexibility index (Phi) is 6.39. The van der Waals surface area contributed by atoms with Crippen molar-refractivity contribution in [2.75, 3.05) is 0 Å². The van der Waals surface area contributed by atoms with Gasteiger partial charge in [-0.15, -0.1) is 0 Å². The summed E-state index contributed by atoms with van der Waals surface area (Å²) < 4.78 is 39.6. The van der Waals surface area contributed by atoms with E-state index in [0.29, 0.717) is 30.1 Å². The van der Waals surface area contributed by atoms with E-state index in [1.807, 2.05) is 6.92 Å². The number of fused-ring (bicyclic) bond motifs is 5. The first-order valence-electron chi connectivity index (χ1n) is 13.3. The summed E-state index contributed by atoms with van der Waals surface area (Å²) in [6.07, 6.45) is 7.74. The maximum absolute atomic E-state index is 13.2. The van der Waals surface area contributed by atoms with Crippen molar-refractivity contribution >= 4 is 0 Å². The van der Waals surface area contributed by atoms with Crippen LogP contribution < -0.4 is 0 Å². The molecule has 0 aliphatic heterocycles.